The summed E-state index contributed by atoms with van der Waals surface area (Å²) in [6, 6.07) is 0. The topological polar surface area (TPSA) is 48.2 Å². The lowest BCUT2D eigenvalue weighted by molar-refractivity contribution is 0.429. The molecule has 12 heavy (non-hydrogen) atoms. The predicted octanol–water partition coefficient (Wildman–Crippen LogP) is 1.82. The Morgan fingerprint density at radius 2 is 2.17 bits per heavy atom. The second-order valence-electron chi connectivity index (χ2n) is 3.62. The summed E-state index contributed by atoms with van der Waals surface area (Å²) in [5.41, 5.74) is 0.179. The quantitative estimate of drug-likeness (QED) is 0.293. The molecule has 0 saturated heterocycles. The summed E-state index contributed by atoms with van der Waals surface area (Å²) < 4.78 is 0. The molecule has 1 N–H and O–H groups in total. The molecule has 0 aliphatic carbocycles. The summed E-state index contributed by atoms with van der Waals surface area (Å²) in [5.74, 6) is 0. The molecular weight excluding hydrogens is 170 g/mol. The van der Waals surface area contributed by atoms with E-state index in [0.29, 0.717) is 5.17 Å². The van der Waals surface area contributed by atoms with Gasteiger partial charge in [-0.25, -0.2) is 0 Å². The normalized spacial score (nSPS) is 12.4. The number of nitrogens with one attached hydrogen (secondary N) is 1. The Labute approximate surface area is 78.3 Å². The molecule has 0 fully saturated rings. The van der Waals surface area contributed by atoms with Gasteiger partial charge < -0.3 is 0 Å². The van der Waals surface area contributed by atoms with Gasteiger partial charge >= 0.3 is 0 Å². The van der Waals surface area contributed by atoms with Crippen molar-refractivity contribution in [3.05, 3.63) is 0 Å². The van der Waals surface area contributed by atoms with E-state index in [1.807, 2.05) is 12.4 Å². The number of hydrogen-bond donors (Lipinski definition) is 1. The SMILES string of the molecule is CSC(=NCC(C)(C)C)NC#N. The fourth-order valence-corrected chi connectivity index (χ4v) is 0.853. The van der Waals surface area contributed by atoms with Crippen LogP contribution in [0.25, 0.3) is 0 Å². The molecule has 0 aromatic heterocycles. The maximum Gasteiger partial charge on any atom is 0.183 e. The molecule has 0 radical (unpaired) electrons. The van der Waals surface area contributed by atoms with Crippen LogP contribution in [0.15, 0.2) is 4.99 Å². The van der Waals surface area contributed by atoms with Crippen LogP contribution >= 0.6 is 11.8 Å². The number of aliphatic imine (C=N–C) groups is 1. The van der Waals surface area contributed by atoms with Gasteiger partial charge in [0, 0.05) is 6.54 Å². The maximum absolute atomic E-state index is 8.34. The second kappa shape index (κ2) is 5.04. The highest BCUT2D eigenvalue weighted by atomic mass is 32.2. The Morgan fingerprint density at radius 3 is 2.50 bits per heavy atom. The van der Waals surface area contributed by atoms with E-state index in [9.17, 15) is 0 Å². The van der Waals surface area contributed by atoms with Crippen LogP contribution in [0, 0.1) is 16.9 Å². The van der Waals surface area contributed by atoms with Gasteiger partial charge in [0.25, 0.3) is 0 Å². The first-order valence-electron chi connectivity index (χ1n) is 3.73. The lowest BCUT2D eigenvalue weighted by Gasteiger charge is -2.14. The summed E-state index contributed by atoms with van der Waals surface area (Å²) in [7, 11) is 0. The molecule has 0 heterocycles. The summed E-state index contributed by atoms with van der Waals surface area (Å²) in [6.45, 7) is 7.07. The molecule has 0 aromatic carbocycles. The number of thioether (sulfide) groups is 1. The van der Waals surface area contributed by atoms with Crippen molar-refractivity contribution >= 4 is 16.9 Å². The van der Waals surface area contributed by atoms with Crippen LogP contribution in [0.1, 0.15) is 20.8 Å². The van der Waals surface area contributed by atoms with E-state index in [4.69, 9.17) is 5.26 Å². The van der Waals surface area contributed by atoms with Crippen LogP contribution in [0.4, 0.5) is 0 Å². The van der Waals surface area contributed by atoms with Gasteiger partial charge in [0.1, 0.15) is 0 Å². The molecule has 0 aliphatic rings. The molecule has 0 atom stereocenters. The highest BCUT2D eigenvalue weighted by molar-refractivity contribution is 8.13. The van der Waals surface area contributed by atoms with Crippen molar-refractivity contribution in [2.45, 2.75) is 20.8 Å². The van der Waals surface area contributed by atoms with Gasteiger partial charge in [-0.15, -0.1) is 0 Å². The summed E-state index contributed by atoms with van der Waals surface area (Å²) >= 11 is 1.45. The van der Waals surface area contributed by atoms with E-state index >= 15 is 0 Å². The molecule has 3 nitrogen and oxygen atoms in total. The summed E-state index contributed by atoms with van der Waals surface area (Å²) in [6.07, 6.45) is 3.75. The number of hydrogen-bond acceptors (Lipinski definition) is 3. The fraction of sp³-hybridized carbons (Fsp3) is 0.750. The van der Waals surface area contributed by atoms with Crippen LogP contribution in [0.3, 0.4) is 0 Å². The molecule has 0 rings (SSSR count). The van der Waals surface area contributed by atoms with Gasteiger partial charge in [0.05, 0.1) is 0 Å². The Bertz CT molecular complexity index is 197. The Kier molecular flexibility index (Phi) is 4.75. The molecule has 4 heteroatoms. The number of nitriles is 1. The van der Waals surface area contributed by atoms with E-state index < -0.39 is 0 Å². The van der Waals surface area contributed by atoms with Crippen LogP contribution in [-0.4, -0.2) is 18.0 Å². The van der Waals surface area contributed by atoms with E-state index in [1.54, 1.807) is 0 Å². The third kappa shape index (κ3) is 6.05. The number of nitrogens with zero attached hydrogens (tertiary/aromatic N) is 2. The van der Waals surface area contributed by atoms with Gasteiger partial charge in [0.2, 0.25) is 0 Å². The minimum Gasteiger partial charge on any atom is -0.272 e. The molecular formula is C8H15N3S. The third-order valence-corrected chi connectivity index (χ3v) is 1.67. The largest absolute Gasteiger partial charge is 0.272 e. The van der Waals surface area contributed by atoms with Crippen molar-refractivity contribution < 1.29 is 0 Å². The number of rotatable bonds is 1. The Hall–Kier alpha value is -0.690. The van der Waals surface area contributed by atoms with Crippen molar-refractivity contribution in [2.24, 2.45) is 10.4 Å². The van der Waals surface area contributed by atoms with Crippen molar-refractivity contribution in [1.29, 1.82) is 5.26 Å². The van der Waals surface area contributed by atoms with Gasteiger partial charge in [-0.1, -0.05) is 32.5 Å². The molecule has 0 amide bonds. The predicted molar refractivity (Wildman–Crippen MR) is 54.0 cm³/mol. The van der Waals surface area contributed by atoms with Gasteiger partial charge in [-0.3, -0.25) is 10.3 Å². The standard InChI is InChI=1S/C8H15N3S/c1-8(2,3)5-10-7(12-4)11-6-9/h5H2,1-4H3,(H,10,11). The van der Waals surface area contributed by atoms with Crippen molar-refractivity contribution in [1.82, 2.24) is 5.32 Å². The minimum absolute atomic E-state index is 0.179. The summed E-state index contributed by atoms with van der Waals surface area (Å²) in [4.78, 5) is 4.25. The molecule has 0 bridgehead atoms. The zero-order chi connectivity index (χ0) is 9.61. The van der Waals surface area contributed by atoms with Crippen LogP contribution < -0.4 is 5.32 Å². The highest BCUT2D eigenvalue weighted by Gasteiger charge is 2.08. The van der Waals surface area contributed by atoms with E-state index in [2.05, 4.69) is 31.1 Å². The first-order chi connectivity index (χ1) is 5.49. The number of amidine groups is 1. The van der Waals surface area contributed by atoms with Crippen LogP contribution in [0.2, 0.25) is 0 Å². The average molecular weight is 185 g/mol. The smallest absolute Gasteiger partial charge is 0.183 e. The Balaban J connectivity index is 4.05. The van der Waals surface area contributed by atoms with E-state index in [1.165, 1.54) is 11.8 Å². The zero-order valence-corrected chi connectivity index (χ0v) is 8.83. The lowest BCUT2D eigenvalue weighted by Crippen LogP contribution is -2.17. The van der Waals surface area contributed by atoms with E-state index in [-0.39, 0.29) is 5.41 Å². The van der Waals surface area contributed by atoms with Crippen LogP contribution in [0.5, 0.6) is 0 Å². The maximum atomic E-state index is 8.34. The molecule has 0 spiro atoms. The highest BCUT2D eigenvalue weighted by Crippen LogP contribution is 2.13. The summed E-state index contributed by atoms with van der Waals surface area (Å²) in [5, 5.41) is 11.6. The van der Waals surface area contributed by atoms with Gasteiger partial charge in [0.15, 0.2) is 11.4 Å². The molecule has 68 valence electrons. The van der Waals surface area contributed by atoms with Crippen molar-refractivity contribution in [3.8, 4) is 6.19 Å². The molecule has 0 saturated carbocycles. The first-order valence-corrected chi connectivity index (χ1v) is 4.95. The van der Waals surface area contributed by atoms with Gasteiger partial charge in [-0.2, -0.15) is 5.26 Å². The van der Waals surface area contributed by atoms with Crippen molar-refractivity contribution in [2.75, 3.05) is 12.8 Å². The minimum atomic E-state index is 0.179. The van der Waals surface area contributed by atoms with Crippen molar-refractivity contribution in [3.63, 3.8) is 0 Å². The van der Waals surface area contributed by atoms with Crippen LogP contribution in [-0.2, 0) is 0 Å². The fourth-order valence-electron chi connectivity index (χ4n) is 0.512. The zero-order valence-electron chi connectivity index (χ0n) is 8.01. The van der Waals surface area contributed by atoms with Gasteiger partial charge in [-0.05, 0) is 11.7 Å². The Morgan fingerprint density at radius 1 is 1.58 bits per heavy atom. The molecule has 0 unspecified atom stereocenters. The van der Waals surface area contributed by atoms with E-state index in [0.717, 1.165) is 6.54 Å². The first kappa shape index (κ1) is 11.3. The monoisotopic (exact) mass is 185 g/mol. The lowest BCUT2D eigenvalue weighted by atomic mass is 9.98. The average Bonchev–Trinajstić information content (AvgIpc) is 1.96. The second-order valence-corrected chi connectivity index (χ2v) is 4.42. The molecule has 0 aliphatic heterocycles. The molecule has 0 aromatic rings. The third-order valence-electron chi connectivity index (χ3n) is 1.05.